The Kier molecular flexibility index (Phi) is 5.96. The van der Waals surface area contributed by atoms with Crippen molar-refractivity contribution in [3.8, 4) is 17.2 Å². The smallest absolute Gasteiger partial charge is 0.308 e. The molecule has 0 bridgehead atoms. The van der Waals surface area contributed by atoms with E-state index in [1.807, 2.05) is 19.9 Å². The molecule has 0 aliphatic carbocycles. The second-order valence-corrected chi connectivity index (χ2v) is 4.78. The Hall–Kier alpha value is -2.30. The third-order valence-corrected chi connectivity index (χ3v) is 2.58. The number of hydrogen-bond donors (Lipinski definition) is 0. The van der Waals surface area contributed by atoms with Gasteiger partial charge in [-0.15, -0.1) is 0 Å². The molecule has 0 aliphatic rings. The molecule has 0 unspecified atom stereocenters. The highest BCUT2D eigenvalue weighted by Gasteiger charge is 2.15. The Bertz CT molecular complexity index is 568. The molecule has 0 fully saturated rings. The quantitative estimate of drug-likeness (QED) is 0.474. The van der Waals surface area contributed by atoms with Crippen LogP contribution in [0.5, 0.6) is 17.2 Å². The van der Waals surface area contributed by atoms with Gasteiger partial charge in [-0.3, -0.25) is 9.59 Å². The van der Waals surface area contributed by atoms with Crippen LogP contribution in [0.1, 0.15) is 33.3 Å². The predicted molar refractivity (Wildman–Crippen MR) is 78.7 cm³/mol. The van der Waals surface area contributed by atoms with Crippen LogP contribution in [-0.2, 0) is 16.0 Å². The van der Waals surface area contributed by atoms with Gasteiger partial charge in [-0.1, -0.05) is 11.6 Å². The molecular formula is C16H20O5. The lowest BCUT2D eigenvalue weighted by atomic mass is 10.1. The molecule has 0 spiro atoms. The molecule has 1 rings (SSSR count). The van der Waals surface area contributed by atoms with Crippen molar-refractivity contribution in [1.29, 1.82) is 0 Å². The Balaban J connectivity index is 3.29. The molecule has 21 heavy (non-hydrogen) atoms. The number of allylic oxidation sites excluding steroid dienone is 2. The van der Waals surface area contributed by atoms with Crippen LogP contribution in [0.25, 0.3) is 0 Å². The van der Waals surface area contributed by atoms with Crippen molar-refractivity contribution in [1.82, 2.24) is 0 Å². The molecule has 5 nitrogen and oxygen atoms in total. The molecule has 0 radical (unpaired) electrons. The third kappa shape index (κ3) is 5.30. The minimum Gasteiger partial charge on any atom is -0.493 e. The first-order valence-electron chi connectivity index (χ1n) is 6.54. The van der Waals surface area contributed by atoms with E-state index < -0.39 is 11.9 Å². The maximum atomic E-state index is 11.2. The molecule has 1 aromatic carbocycles. The van der Waals surface area contributed by atoms with Gasteiger partial charge in [0.25, 0.3) is 0 Å². The maximum Gasteiger partial charge on any atom is 0.308 e. The van der Waals surface area contributed by atoms with Gasteiger partial charge < -0.3 is 14.2 Å². The van der Waals surface area contributed by atoms with Gasteiger partial charge in [-0.2, -0.15) is 0 Å². The van der Waals surface area contributed by atoms with E-state index >= 15 is 0 Å². The lowest BCUT2D eigenvalue weighted by Gasteiger charge is -2.14. The summed E-state index contributed by atoms with van der Waals surface area (Å²) in [6, 6.07) is 3.20. The lowest BCUT2D eigenvalue weighted by molar-refractivity contribution is -0.133. The average molecular weight is 292 g/mol. The summed E-state index contributed by atoms with van der Waals surface area (Å²) in [5.74, 6) is 0.172. The van der Waals surface area contributed by atoms with Crippen molar-refractivity contribution in [3.63, 3.8) is 0 Å². The van der Waals surface area contributed by atoms with E-state index in [1.54, 1.807) is 12.1 Å². The van der Waals surface area contributed by atoms with Crippen LogP contribution in [0, 0.1) is 0 Å². The molecule has 0 N–H and O–H groups in total. The second-order valence-electron chi connectivity index (χ2n) is 4.78. The minimum absolute atomic E-state index is 0.304. The third-order valence-electron chi connectivity index (χ3n) is 2.58. The lowest BCUT2D eigenvalue weighted by Crippen LogP contribution is -2.07. The molecule has 0 amide bonds. The topological polar surface area (TPSA) is 61.8 Å². The number of methoxy groups -OCH3 is 1. The summed E-state index contributed by atoms with van der Waals surface area (Å²) >= 11 is 0. The molecule has 1 aromatic rings. The van der Waals surface area contributed by atoms with E-state index in [4.69, 9.17) is 14.2 Å². The summed E-state index contributed by atoms with van der Waals surface area (Å²) in [7, 11) is 1.45. The SMILES string of the molecule is COc1cc(OC(C)=O)c(CC=C(C)C)cc1OC(C)=O. The number of rotatable bonds is 5. The Morgan fingerprint density at radius 3 is 2.00 bits per heavy atom. The minimum atomic E-state index is -0.443. The number of carbonyl (C=O) groups excluding carboxylic acids is 2. The van der Waals surface area contributed by atoms with Crippen LogP contribution in [0.2, 0.25) is 0 Å². The molecule has 0 atom stereocenters. The van der Waals surface area contributed by atoms with Crippen LogP contribution < -0.4 is 14.2 Å². The van der Waals surface area contributed by atoms with E-state index in [2.05, 4.69) is 0 Å². The summed E-state index contributed by atoms with van der Waals surface area (Å²) in [4.78, 5) is 22.3. The maximum absolute atomic E-state index is 11.2. The Labute approximate surface area is 124 Å². The molecular weight excluding hydrogens is 272 g/mol. The van der Waals surface area contributed by atoms with Crippen molar-refractivity contribution >= 4 is 11.9 Å². The molecule has 0 aromatic heterocycles. The zero-order chi connectivity index (χ0) is 16.0. The number of carbonyl (C=O) groups is 2. The first-order chi connectivity index (χ1) is 9.83. The zero-order valence-electron chi connectivity index (χ0n) is 13.0. The first-order valence-corrected chi connectivity index (χ1v) is 6.54. The van der Waals surface area contributed by atoms with Gasteiger partial charge in [0.1, 0.15) is 5.75 Å². The second kappa shape index (κ2) is 7.47. The molecule has 0 saturated carbocycles. The van der Waals surface area contributed by atoms with Crippen molar-refractivity contribution in [2.75, 3.05) is 7.11 Å². The molecule has 0 saturated heterocycles. The fraction of sp³-hybridized carbons (Fsp3) is 0.375. The van der Waals surface area contributed by atoms with E-state index in [1.165, 1.54) is 21.0 Å². The van der Waals surface area contributed by atoms with Gasteiger partial charge in [0.05, 0.1) is 7.11 Å². The van der Waals surface area contributed by atoms with Crippen molar-refractivity contribution < 1.29 is 23.8 Å². The number of benzene rings is 1. The fourth-order valence-corrected chi connectivity index (χ4v) is 1.70. The zero-order valence-corrected chi connectivity index (χ0v) is 13.0. The fourth-order valence-electron chi connectivity index (χ4n) is 1.70. The van der Waals surface area contributed by atoms with Crippen molar-refractivity contribution in [2.24, 2.45) is 0 Å². The van der Waals surface area contributed by atoms with E-state index in [-0.39, 0.29) is 0 Å². The van der Waals surface area contributed by atoms with Gasteiger partial charge in [-0.25, -0.2) is 0 Å². The van der Waals surface area contributed by atoms with Crippen molar-refractivity contribution in [2.45, 2.75) is 34.1 Å². The number of ether oxygens (including phenoxy) is 3. The van der Waals surface area contributed by atoms with Gasteiger partial charge >= 0.3 is 11.9 Å². The molecule has 5 heteroatoms. The van der Waals surface area contributed by atoms with Gasteiger partial charge in [-0.05, 0) is 26.3 Å². The predicted octanol–water partition coefficient (Wildman–Crippen LogP) is 3.05. The number of hydrogen-bond acceptors (Lipinski definition) is 5. The summed E-state index contributed by atoms with van der Waals surface area (Å²) < 4.78 is 15.5. The summed E-state index contributed by atoms with van der Waals surface area (Å²) in [6.07, 6.45) is 2.55. The average Bonchev–Trinajstić information content (AvgIpc) is 2.36. The summed E-state index contributed by atoms with van der Waals surface area (Å²) in [5, 5.41) is 0. The van der Waals surface area contributed by atoms with Crippen LogP contribution in [0.4, 0.5) is 0 Å². The standard InChI is InChI=1S/C16H20O5/c1-10(2)6-7-13-8-16(21-12(4)18)15(19-5)9-14(13)20-11(3)17/h6,8-9H,7H2,1-5H3. The van der Waals surface area contributed by atoms with Crippen LogP contribution in [-0.4, -0.2) is 19.0 Å². The number of esters is 2. The first kappa shape index (κ1) is 16.8. The van der Waals surface area contributed by atoms with Gasteiger partial charge in [0.2, 0.25) is 0 Å². The van der Waals surface area contributed by atoms with Crippen LogP contribution in [0.3, 0.4) is 0 Å². The van der Waals surface area contributed by atoms with Gasteiger partial charge in [0.15, 0.2) is 11.5 Å². The Morgan fingerprint density at radius 2 is 1.52 bits per heavy atom. The van der Waals surface area contributed by atoms with E-state index in [0.29, 0.717) is 23.7 Å². The summed E-state index contributed by atoms with van der Waals surface area (Å²) in [6.45, 7) is 6.59. The van der Waals surface area contributed by atoms with Crippen molar-refractivity contribution in [3.05, 3.63) is 29.3 Å². The normalized spacial score (nSPS) is 9.76. The highest BCUT2D eigenvalue weighted by Crippen LogP contribution is 2.35. The molecule has 0 heterocycles. The highest BCUT2D eigenvalue weighted by atomic mass is 16.6. The largest absolute Gasteiger partial charge is 0.493 e. The van der Waals surface area contributed by atoms with Crippen LogP contribution in [0.15, 0.2) is 23.8 Å². The van der Waals surface area contributed by atoms with E-state index in [0.717, 1.165) is 11.1 Å². The van der Waals surface area contributed by atoms with E-state index in [9.17, 15) is 9.59 Å². The monoisotopic (exact) mass is 292 g/mol. The molecule has 114 valence electrons. The highest BCUT2D eigenvalue weighted by molar-refractivity contribution is 5.73. The summed E-state index contributed by atoms with van der Waals surface area (Å²) in [5.41, 5.74) is 1.87. The Morgan fingerprint density at radius 1 is 0.952 bits per heavy atom. The molecule has 0 aliphatic heterocycles. The van der Waals surface area contributed by atoms with Crippen LogP contribution >= 0.6 is 0 Å². The van der Waals surface area contributed by atoms with Gasteiger partial charge in [0, 0.05) is 25.5 Å².